The standard InChI is InChI=1S/C12H19N3/c1-3-15-8-4-5-11(9-15)12-10(2)13-6-7-14-12/h6-7,11H,3-5,8-9H2,1-2H3. The van der Waals surface area contributed by atoms with E-state index in [-0.39, 0.29) is 0 Å². The van der Waals surface area contributed by atoms with Gasteiger partial charge in [-0.2, -0.15) is 0 Å². The summed E-state index contributed by atoms with van der Waals surface area (Å²) in [7, 11) is 0. The first-order valence-corrected chi connectivity index (χ1v) is 5.81. The summed E-state index contributed by atoms with van der Waals surface area (Å²) < 4.78 is 0. The molecule has 3 heteroatoms. The molecule has 15 heavy (non-hydrogen) atoms. The molecule has 2 heterocycles. The van der Waals surface area contributed by atoms with E-state index in [1.165, 1.54) is 25.1 Å². The number of piperidine rings is 1. The van der Waals surface area contributed by atoms with Gasteiger partial charge in [-0.05, 0) is 32.9 Å². The molecule has 1 aromatic rings. The van der Waals surface area contributed by atoms with Gasteiger partial charge in [0.2, 0.25) is 0 Å². The van der Waals surface area contributed by atoms with E-state index in [1.54, 1.807) is 6.20 Å². The number of likely N-dealkylation sites (N-methyl/N-ethyl adjacent to an activating group) is 1. The highest BCUT2D eigenvalue weighted by Gasteiger charge is 2.22. The lowest BCUT2D eigenvalue weighted by molar-refractivity contribution is 0.215. The maximum absolute atomic E-state index is 4.48. The molecular formula is C12H19N3. The van der Waals surface area contributed by atoms with Crippen molar-refractivity contribution in [3.05, 3.63) is 23.8 Å². The molecule has 1 aliphatic rings. The SMILES string of the molecule is CCN1CCCC(c2nccnc2C)C1. The van der Waals surface area contributed by atoms with Crippen molar-refractivity contribution in [1.82, 2.24) is 14.9 Å². The molecule has 82 valence electrons. The highest BCUT2D eigenvalue weighted by atomic mass is 15.1. The monoisotopic (exact) mass is 205 g/mol. The van der Waals surface area contributed by atoms with Gasteiger partial charge in [-0.1, -0.05) is 6.92 Å². The average molecular weight is 205 g/mol. The van der Waals surface area contributed by atoms with Crippen LogP contribution in [-0.4, -0.2) is 34.5 Å². The maximum Gasteiger partial charge on any atom is 0.0659 e. The quantitative estimate of drug-likeness (QED) is 0.739. The van der Waals surface area contributed by atoms with Gasteiger partial charge in [0.15, 0.2) is 0 Å². The van der Waals surface area contributed by atoms with Crippen LogP contribution in [0.2, 0.25) is 0 Å². The molecule has 0 N–H and O–H groups in total. The Balaban J connectivity index is 2.13. The maximum atomic E-state index is 4.48. The molecule has 1 atom stereocenters. The molecule has 1 aromatic heterocycles. The lowest BCUT2D eigenvalue weighted by Crippen LogP contribution is -2.34. The topological polar surface area (TPSA) is 29.0 Å². The van der Waals surface area contributed by atoms with E-state index in [1.807, 2.05) is 6.20 Å². The molecular weight excluding hydrogens is 186 g/mol. The van der Waals surface area contributed by atoms with E-state index in [0.29, 0.717) is 5.92 Å². The minimum Gasteiger partial charge on any atom is -0.303 e. The number of nitrogens with zero attached hydrogens (tertiary/aromatic N) is 3. The summed E-state index contributed by atoms with van der Waals surface area (Å²) in [6.07, 6.45) is 6.14. The lowest BCUT2D eigenvalue weighted by atomic mass is 9.93. The molecule has 2 rings (SSSR count). The van der Waals surface area contributed by atoms with Gasteiger partial charge in [0, 0.05) is 24.9 Å². The number of rotatable bonds is 2. The van der Waals surface area contributed by atoms with Crippen LogP contribution in [0.25, 0.3) is 0 Å². The molecule has 0 spiro atoms. The minimum atomic E-state index is 0.590. The fourth-order valence-electron chi connectivity index (χ4n) is 2.39. The fourth-order valence-corrected chi connectivity index (χ4v) is 2.39. The third-order valence-corrected chi connectivity index (χ3v) is 3.26. The van der Waals surface area contributed by atoms with Crippen LogP contribution in [0.3, 0.4) is 0 Å². The van der Waals surface area contributed by atoms with E-state index in [2.05, 4.69) is 28.7 Å². The Kier molecular flexibility index (Phi) is 3.31. The zero-order valence-corrected chi connectivity index (χ0v) is 9.61. The van der Waals surface area contributed by atoms with Crippen molar-refractivity contribution < 1.29 is 0 Å². The van der Waals surface area contributed by atoms with Crippen LogP contribution < -0.4 is 0 Å². The Morgan fingerprint density at radius 2 is 2.20 bits per heavy atom. The molecule has 1 fully saturated rings. The summed E-state index contributed by atoms with van der Waals surface area (Å²) in [5, 5.41) is 0. The summed E-state index contributed by atoms with van der Waals surface area (Å²) in [6.45, 7) is 7.83. The zero-order chi connectivity index (χ0) is 10.7. The van der Waals surface area contributed by atoms with Gasteiger partial charge in [-0.3, -0.25) is 9.97 Å². The highest BCUT2D eigenvalue weighted by Crippen LogP contribution is 2.26. The summed E-state index contributed by atoms with van der Waals surface area (Å²) >= 11 is 0. The number of aromatic nitrogens is 2. The molecule has 1 saturated heterocycles. The van der Waals surface area contributed by atoms with Gasteiger partial charge in [-0.15, -0.1) is 0 Å². The summed E-state index contributed by atoms with van der Waals surface area (Å²) in [6, 6.07) is 0. The van der Waals surface area contributed by atoms with Crippen molar-refractivity contribution in [2.24, 2.45) is 0 Å². The third kappa shape index (κ3) is 2.34. The van der Waals surface area contributed by atoms with Gasteiger partial charge in [-0.25, -0.2) is 0 Å². The number of aryl methyl sites for hydroxylation is 1. The van der Waals surface area contributed by atoms with Crippen LogP contribution in [0.4, 0.5) is 0 Å². The lowest BCUT2D eigenvalue weighted by Gasteiger charge is -2.31. The van der Waals surface area contributed by atoms with Gasteiger partial charge >= 0.3 is 0 Å². The van der Waals surface area contributed by atoms with Crippen molar-refractivity contribution in [2.45, 2.75) is 32.6 Å². The van der Waals surface area contributed by atoms with Crippen LogP contribution in [0.15, 0.2) is 12.4 Å². The van der Waals surface area contributed by atoms with Gasteiger partial charge < -0.3 is 4.90 Å². The summed E-state index contributed by atoms with van der Waals surface area (Å²) in [5.41, 5.74) is 2.30. The second kappa shape index (κ2) is 4.71. The van der Waals surface area contributed by atoms with Crippen LogP contribution in [0, 0.1) is 6.92 Å². The largest absolute Gasteiger partial charge is 0.303 e. The first-order chi connectivity index (χ1) is 7.31. The molecule has 0 aromatic carbocycles. The van der Waals surface area contributed by atoms with Gasteiger partial charge in [0.05, 0.1) is 11.4 Å². The number of likely N-dealkylation sites (tertiary alicyclic amines) is 1. The zero-order valence-electron chi connectivity index (χ0n) is 9.61. The Labute approximate surface area is 91.5 Å². The summed E-state index contributed by atoms with van der Waals surface area (Å²) in [5.74, 6) is 0.590. The van der Waals surface area contributed by atoms with Gasteiger partial charge in [0.1, 0.15) is 0 Å². The Morgan fingerprint density at radius 1 is 1.40 bits per heavy atom. The van der Waals surface area contributed by atoms with E-state index < -0.39 is 0 Å². The average Bonchev–Trinajstić information content (AvgIpc) is 2.30. The van der Waals surface area contributed by atoms with Crippen molar-refractivity contribution in [1.29, 1.82) is 0 Å². The van der Waals surface area contributed by atoms with Crippen LogP contribution in [-0.2, 0) is 0 Å². The van der Waals surface area contributed by atoms with Crippen molar-refractivity contribution in [2.75, 3.05) is 19.6 Å². The molecule has 0 radical (unpaired) electrons. The second-order valence-corrected chi connectivity index (χ2v) is 4.26. The minimum absolute atomic E-state index is 0.590. The first kappa shape index (κ1) is 10.6. The first-order valence-electron chi connectivity index (χ1n) is 5.81. The van der Waals surface area contributed by atoms with E-state index in [0.717, 1.165) is 18.8 Å². The Bertz CT molecular complexity index is 324. The smallest absolute Gasteiger partial charge is 0.0659 e. The van der Waals surface area contributed by atoms with Crippen LogP contribution in [0.1, 0.15) is 37.1 Å². The molecule has 1 unspecified atom stereocenters. The van der Waals surface area contributed by atoms with E-state index >= 15 is 0 Å². The molecule has 0 bridgehead atoms. The molecule has 0 saturated carbocycles. The highest BCUT2D eigenvalue weighted by molar-refractivity contribution is 5.15. The molecule has 0 aliphatic carbocycles. The van der Waals surface area contributed by atoms with Crippen molar-refractivity contribution in [3.63, 3.8) is 0 Å². The number of hydrogen-bond donors (Lipinski definition) is 0. The molecule has 3 nitrogen and oxygen atoms in total. The predicted molar refractivity (Wildman–Crippen MR) is 60.9 cm³/mol. The molecule has 0 amide bonds. The van der Waals surface area contributed by atoms with E-state index in [4.69, 9.17) is 0 Å². The van der Waals surface area contributed by atoms with Crippen molar-refractivity contribution in [3.8, 4) is 0 Å². The van der Waals surface area contributed by atoms with Gasteiger partial charge in [0.25, 0.3) is 0 Å². The second-order valence-electron chi connectivity index (χ2n) is 4.26. The Morgan fingerprint density at radius 3 is 2.93 bits per heavy atom. The normalized spacial score (nSPS) is 22.9. The Hall–Kier alpha value is -0.960. The predicted octanol–water partition coefficient (Wildman–Crippen LogP) is 1.98. The third-order valence-electron chi connectivity index (χ3n) is 3.26. The molecule has 1 aliphatic heterocycles. The van der Waals surface area contributed by atoms with Crippen LogP contribution in [0.5, 0.6) is 0 Å². The van der Waals surface area contributed by atoms with E-state index in [9.17, 15) is 0 Å². The fraction of sp³-hybridized carbons (Fsp3) is 0.667. The number of hydrogen-bond acceptors (Lipinski definition) is 3. The summed E-state index contributed by atoms with van der Waals surface area (Å²) in [4.78, 5) is 11.3. The van der Waals surface area contributed by atoms with Crippen LogP contribution >= 0.6 is 0 Å². The van der Waals surface area contributed by atoms with Crippen molar-refractivity contribution >= 4 is 0 Å².